The van der Waals surface area contributed by atoms with Gasteiger partial charge in [-0.05, 0) is 85.8 Å². The minimum atomic E-state index is 0.0503. The Hall–Kier alpha value is -1.32. The second-order valence-electron chi connectivity index (χ2n) is 8.78. The van der Waals surface area contributed by atoms with Gasteiger partial charge >= 0.3 is 0 Å². The molecule has 2 N–H and O–H groups in total. The van der Waals surface area contributed by atoms with Gasteiger partial charge in [0.2, 0.25) is 0 Å². The van der Waals surface area contributed by atoms with Crippen molar-refractivity contribution in [1.29, 1.82) is 0 Å². The van der Waals surface area contributed by atoms with Gasteiger partial charge in [0.05, 0.1) is 0 Å². The lowest BCUT2D eigenvalue weighted by molar-refractivity contribution is 0.155. The molecule has 3 heteroatoms. The van der Waals surface area contributed by atoms with Gasteiger partial charge in [-0.1, -0.05) is 85.6 Å². The molecule has 0 saturated carbocycles. The van der Waals surface area contributed by atoms with E-state index in [1.165, 1.54) is 18.4 Å². The van der Waals surface area contributed by atoms with E-state index < -0.39 is 0 Å². The van der Waals surface area contributed by atoms with Crippen molar-refractivity contribution in [3.05, 3.63) is 49.7 Å². The van der Waals surface area contributed by atoms with Crippen molar-refractivity contribution in [3.8, 4) is 0 Å². The normalized spacial score (nSPS) is 11.7. The summed E-state index contributed by atoms with van der Waals surface area (Å²) in [7, 11) is 4.25. The van der Waals surface area contributed by atoms with Crippen LogP contribution in [0.25, 0.3) is 0 Å². The Morgan fingerprint density at radius 3 is 1.88 bits per heavy atom. The highest BCUT2D eigenvalue weighted by Gasteiger charge is 2.23. The predicted octanol–water partition coefficient (Wildman–Crippen LogP) is 9.01. The van der Waals surface area contributed by atoms with Crippen molar-refractivity contribution in [1.82, 2.24) is 15.5 Å². The Morgan fingerprint density at radius 1 is 1.03 bits per heavy atom. The topological polar surface area (TPSA) is 27.3 Å². The van der Waals surface area contributed by atoms with Gasteiger partial charge in [0.25, 0.3) is 0 Å². The molecule has 0 aliphatic carbocycles. The van der Waals surface area contributed by atoms with Crippen molar-refractivity contribution < 1.29 is 0 Å². The molecule has 34 heavy (non-hydrogen) atoms. The molecule has 2 atom stereocenters. The first-order valence-electron chi connectivity index (χ1n) is 13.7. The van der Waals surface area contributed by atoms with Crippen LogP contribution in [0.2, 0.25) is 0 Å². The maximum atomic E-state index is 4.06. The Labute approximate surface area is 218 Å². The summed E-state index contributed by atoms with van der Waals surface area (Å²) < 4.78 is 0. The zero-order valence-electron chi connectivity index (χ0n) is 26.0. The fraction of sp³-hybridized carbons (Fsp3) is 0.742. The van der Waals surface area contributed by atoms with Crippen LogP contribution in [0.1, 0.15) is 108 Å². The molecule has 0 aliphatic rings. The van der Waals surface area contributed by atoms with Crippen molar-refractivity contribution >= 4 is 0 Å². The molecule has 0 amide bonds. The van der Waals surface area contributed by atoms with Gasteiger partial charge in [-0.3, -0.25) is 0 Å². The molecular formula is C31H67N3. The lowest BCUT2D eigenvalue weighted by Gasteiger charge is -2.36. The van der Waals surface area contributed by atoms with E-state index in [1.807, 2.05) is 47.7 Å². The standard InChI is InChI=1S/C19H39N3.C5H10.C3H6.2C2H6/c1-9-10-16(2)11-14-21-19(5,6)15-22(8)18(4)17(3)12-13-20-7;1-3-5-4-2;1-3-2;2*1-2/h11,14,17-18,20-21H,2,9-10,12-13,15H2,1,3-8H3;3H,1,4-5H2,2H3;3H,1H2,2H3;2*1-2H3/b14-11+;;;;. The minimum absolute atomic E-state index is 0.0503. The molecule has 0 saturated heterocycles. The van der Waals surface area contributed by atoms with Crippen LogP contribution in [-0.2, 0) is 0 Å². The number of likely N-dealkylation sites (N-methyl/N-ethyl adjacent to an activating group) is 1. The number of hydrogen-bond acceptors (Lipinski definition) is 3. The SMILES string of the molecule is C=C(/C=C/NC(C)(C)CN(C)C(C)C(C)CCNC)CCC.C=CC.C=CCCC.CC.CC. The number of allylic oxidation sites excluding steroid dienone is 4. The van der Waals surface area contributed by atoms with Crippen LogP contribution >= 0.6 is 0 Å². The highest BCUT2D eigenvalue weighted by atomic mass is 15.2. The molecule has 0 rings (SSSR count). The molecule has 0 fully saturated rings. The fourth-order valence-corrected chi connectivity index (χ4v) is 2.85. The predicted molar refractivity (Wildman–Crippen MR) is 164 cm³/mol. The summed E-state index contributed by atoms with van der Waals surface area (Å²) in [6, 6.07) is 0.577. The number of nitrogens with one attached hydrogen (secondary N) is 2. The zero-order chi connectivity index (χ0) is 28.0. The monoisotopic (exact) mass is 482 g/mol. The average molecular weight is 482 g/mol. The second kappa shape index (κ2) is 33.9. The molecular weight excluding hydrogens is 414 g/mol. The number of rotatable bonds is 14. The molecule has 206 valence electrons. The van der Waals surface area contributed by atoms with Gasteiger partial charge in [0.1, 0.15) is 0 Å². The summed E-state index contributed by atoms with van der Waals surface area (Å²) in [5.74, 6) is 0.688. The molecule has 0 spiro atoms. The number of hydrogen-bond donors (Lipinski definition) is 2. The van der Waals surface area contributed by atoms with Gasteiger partial charge in [0.15, 0.2) is 0 Å². The first kappa shape index (κ1) is 42.8. The van der Waals surface area contributed by atoms with E-state index in [9.17, 15) is 0 Å². The third-order valence-electron chi connectivity index (χ3n) is 4.87. The summed E-state index contributed by atoms with van der Waals surface area (Å²) in [5.41, 5.74) is 1.24. The first-order valence-corrected chi connectivity index (χ1v) is 13.7. The summed E-state index contributed by atoms with van der Waals surface area (Å²) >= 11 is 0. The molecule has 2 unspecified atom stereocenters. The number of unbranched alkanes of at least 4 members (excludes halogenated alkanes) is 1. The fourth-order valence-electron chi connectivity index (χ4n) is 2.85. The highest BCUT2D eigenvalue weighted by Crippen LogP contribution is 2.16. The summed E-state index contributed by atoms with van der Waals surface area (Å²) in [6.45, 7) is 36.5. The third kappa shape index (κ3) is 35.3. The molecule has 3 nitrogen and oxygen atoms in total. The average Bonchev–Trinajstić information content (AvgIpc) is 2.80. The van der Waals surface area contributed by atoms with Gasteiger partial charge in [0, 0.05) is 18.1 Å². The first-order chi connectivity index (χ1) is 16.1. The molecule has 0 aromatic heterocycles. The van der Waals surface area contributed by atoms with Crippen molar-refractivity contribution in [3.63, 3.8) is 0 Å². The zero-order valence-corrected chi connectivity index (χ0v) is 26.0. The van der Waals surface area contributed by atoms with Gasteiger partial charge < -0.3 is 15.5 Å². The molecule has 0 radical (unpaired) electrons. The van der Waals surface area contributed by atoms with Crippen LogP contribution in [0.5, 0.6) is 0 Å². The lowest BCUT2D eigenvalue weighted by Crippen LogP contribution is -2.49. The maximum Gasteiger partial charge on any atom is 0.0438 e. The van der Waals surface area contributed by atoms with Crippen LogP contribution in [0.15, 0.2) is 49.7 Å². The van der Waals surface area contributed by atoms with E-state index in [0.717, 1.165) is 32.4 Å². The summed E-state index contributed by atoms with van der Waals surface area (Å²) in [5, 5.41) is 6.76. The van der Waals surface area contributed by atoms with Crippen LogP contribution < -0.4 is 10.6 Å². The maximum absolute atomic E-state index is 4.06. The van der Waals surface area contributed by atoms with Crippen molar-refractivity contribution in [2.45, 2.75) is 120 Å². The largest absolute Gasteiger partial charge is 0.385 e. The lowest BCUT2D eigenvalue weighted by atomic mass is 9.96. The summed E-state index contributed by atoms with van der Waals surface area (Å²) in [4.78, 5) is 2.46. The molecule has 0 aromatic rings. The van der Waals surface area contributed by atoms with Gasteiger partial charge in [-0.2, -0.15) is 0 Å². The highest BCUT2D eigenvalue weighted by molar-refractivity contribution is 5.14. The minimum Gasteiger partial charge on any atom is -0.385 e. The van der Waals surface area contributed by atoms with E-state index >= 15 is 0 Å². The van der Waals surface area contributed by atoms with E-state index in [-0.39, 0.29) is 5.54 Å². The van der Waals surface area contributed by atoms with Crippen LogP contribution in [0.3, 0.4) is 0 Å². The Morgan fingerprint density at radius 2 is 1.53 bits per heavy atom. The van der Waals surface area contributed by atoms with Crippen LogP contribution in [-0.4, -0.2) is 43.7 Å². The Kier molecular flexibility index (Phi) is 42.6. The van der Waals surface area contributed by atoms with E-state index in [4.69, 9.17) is 0 Å². The quantitative estimate of drug-likeness (QED) is 0.191. The summed E-state index contributed by atoms with van der Waals surface area (Å²) in [6.07, 6.45) is 13.6. The second-order valence-corrected chi connectivity index (χ2v) is 8.78. The van der Waals surface area contributed by atoms with Crippen LogP contribution in [0, 0.1) is 5.92 Å². The Bertz CT molecular complexity index is 438. The number of nitrogens with zero attached hydrogens (tertiary/aromatic N) is 1. The van der Waals surface area contributed by atoms with E-state index in [1.54, 1.807) is 6.08 Å². The third-order valence-corrected chi connectivity index (χ3v) is 4.87. The van der Waals surface area contributed by atoms with Crippen molar-refractivity contribution in [2.75, 3.05) is 27.2 Å². The van der Waals surface area contributed by atoms with E-state index in [2.05, 4.69) is 96.1 Å². The Balaban J connectivity index is -0.000000195. The van der Waals surface area contributed by atoms with Gasteiger partial charge in [-0.15, -0.1) is 13.2 Å². The van der Waals surface area contributed by atoms with E-state index in [0.29, 0.717) is 12.0 Å². The van der Waals surface area contributed by atoms with Crippen LogP contribution in [0.4, 0.5) is 0 Å². The molecule has 0 heterocycles. The molecule has 0 aliphatic heterocycles. The molecule has 0 aromatic carbocycles. The van der Waals surface area contributed by atoms with Gasteiger partial charge in [-0.25, -0.2) is 0 Å². The van der Waals surface area contributed by atoms with Crippen molar-refractivity contribution in [2.24, 2.45) is 5.92 Å². The molecule has 0 bridgehead atoms. The smallest absolute Gasteiger partial charge is 0.0438 e.